The maximum atomic E-state index is 12.6. The number of amides is 1. The normalized spacial score (nSPS) is 20.6. The summed E-state index contributed by atoms with van der Waals surface area (Å²) in [6.45, 7) is 5.09. The van der Waals surface area contributed by atoms with Crippen molar-refractivity contribution in [1.82, 2.24) is 14.8 Å². The van der Waals surface area contributed by atoms with Crippen molar-refractivity contribution < 1.29 is 14.6 Å². The fraction of sp³-hybridized carbons (Fsp3) is 0.438. The average molecular weight is 316 g/mol. The molecule has 0 radical (unpaired) electrons. The van der Waals surface area contributed by atoms with Gasteiger partial charge in [0.05, 0.1) is 18.2 Å². The lowest BCUT2D eigenvalue weighted by Crippen LogP contribution is -2.25. The molecule has 0 saturated carbocycles. The number of nitrogens with one attached hydrogen (secondary N) is 1. The highest BCUT2D eigenvalue weighted by atomic mass is 16.5. The Balaban J connectivity index is 1.76. The van der Waals surface area contributed by atoms with Crippen LogP contribution in [0.1, 0.15) is 30.7 Å². The van der Waals surface area contributed by atoms with Crippen LogP contribution in [0.2, 0.25) is 0 Å². The number of rotatable bonds is 4. The molecule has 0 unspecified atom stereocenters. The number of aromatic hydroxyl groups is 1. The van der Waals surface area contributed by atoms with E-state index in [2.05, 4.69) is 15.4 Å². The minimum absolute atomic E-state index is 0.0433. The summed E-state index contributed by atoms with van der Waals surface area (Å²) in [5.74, 6) is -0.389. The van der Waals surface area contributed by atoms with Gasteiger partial charge in [0.1, 0.15) is 0 Å². The molecule has 0 spiro atoms. The summed E-state index contributed by atoms with van der Waals surface area (Å²) in [7, 11) is 0. The highest BCUT2D eigenvalue weighted by molar-refractivity contribution is 5.93. The van der Waals surface area contributed by atoms with Crippen LogP contribution in [0.25, 0.3) is 0 Å². The van der Waals surface area contributed by atoms with E-state index in [0.29, 0.717) is 13.0 Å². The van der Waals surface area contributed by atoms with Gasteiger partial charge in [-0.1, -0.05) is 0 Å². The molecule has 2 N–H and O–H groups in total. The maximum absolute atomic E-state index is 12.6. The van der Waals surface area contributed by atoms with Gasteiger partial charge in [0.25, 0.3) is 0 Å². The quantitative estimate of drug-likeness (QED) is 0.901. The van der Waals surface area contributed by atoms with Crippen LogP contribution in [-0.4, -0.2) is 32.4 Å². The van der Waals surface area contributed by atoms with Gasteiger partial charge in [0.15, 0.2) is 11.6 Å². The zero-order valence-corrected chi connectivity index (χ0v) is 13.2. The Morgan fingerprint density at radius 3 is 3.09 bits per heavy atom. The lowest BCUT2D eigenvalue weighted by Gasteiger charge is -2.17. The van der Waals surface area contributed by atoms with Gasteiger partial charge < -0.3 is 15.2 Å². The summed E-state index contributed by atoms with van der Waals surface area (Å²) in [6, 6.07) is 3.21. The Morgan fingerprint density at radius 1 is 1.52 bits per heavy atom. The second kappa shape index (κ2) is 6.37. The molecule has 1 aliphatic heterocycles. The van der Waals surface area contributed by atoms with E-state index in [4.69, 9.17) is 4.74 Å². The van der Waals surface area contributed by atoms with E-state index in [0.717, 1.165) is 17.8 Å². The highest BCUT2D eigenvalue weighted by Gasteiger charge is 2.36. The monoisotopic (exact) mass is 316 g/mol. The van der Waals surface area contributed by atoms with E-state index < -0.39 is 0 Å². The lowest BCUT2D eigenvalue weighted by molar-refractivity contribution is -0.121. The van der Waals surface area contributed by atoms with Gasteiger partial charge in [-0.2, -0.15) is 5.10 Å². The number of hydrogen-bond donors (Lipinski definition) is 2. The molecule has 7 heteroatoms. The second-order valence-corrected chi connectivity index (χ2v) is 5.63. The van der Waals surface area contributed by atoms with Crippen molar-refractivity contribution in [3.8, 4) is 5.75 Å². The number of hydrogen-bond acceptors (Lipinski definition) is 5. The molecule has 1 aliphatic rings. The number of anilines is 1. The van der Waals surface area contributed by atoms with Crippen LogP contribution in [0.5, 0.6) is 5.75 Å². The molecule has 7 nitrogen and oxygen atoms in total. The van der Waals surface area contributed by atoms with Crippen molar-refractivity contribution in [2.45, 2.75) is 32.9 Å². The summed E-state index contributed by atoms with van der Waals surface area (Å²) < 4.78 is 7.53. The van der Waals surface area contributed by atoms with E-state index in [1.807, 2.05) is 13.1 Å². The van der Waals surface area contributed by atoms with Crippen LogP contribution in [0, 0.1) is 12.8 Å². The highest BCUT2D eigenvalue weighted by Crippen LogP contribution is 2.35. The Labute approximate surface area is 134 Å². The largest absolute Gasteiger partial charge is 0.504 e. The fourth-order valence-electron chi connectivity index (χ4n) is 2.74. The van der Waals surface area contributed by atoms with Crippen molar-refractivity contribution in [3.05, 3.63) is 35.8 Å². The van der Waals surface area contributed by atoms with Gasteiger partial charge in [0, 0.05) is 30.6 Å². The molecular formula is C16H20N4O3. The summed E-state index contributed by atoms with van der Waals surface area (Å²) in [5, 5.41) is 16.8. The summed E-state index contributed by atoms with van der Waals surface area (Å²) in [4.78, 5) is 16.7. The maximum Gasteiger partial charge on any atom is 0.231 e. The van der Waals surface area contributed by atoms with Crippen LogP contribution in [0.4, 0.5) is 5.82 Å². The topological polar surface area (TPSA) is 89.3 Å². The van der Waals surface area contributed by atoms with Crippen molar-refractivity contribution >= 4 is 11.7 Å². The molecule has 2 atom stereocenters. The first kappa shape index (κ1) is 15.5. The Bertz CT molecular complexity index is 713. The third kappa shape index (κ3) is 3.19. The summed E-state index contributed by atoms with van der Waals surface area (Å²) >= 11 is 0. The van der Waals surface area contributed by atoms with Crippen LogP contribution < -0.4 is 5.32 Å². The number of aryl methyl sites for hydroxylation is 2. The second-order valence-electron chi connectivity index (χ2n) is 5.63. The molecule has 0 bridgehead atoms. The zero-order chi connectivity index (χ0) is 16.4. The minimum Gasteiger partial charge on any atom is -0.504 e. The van der Waals surface area contributed by atoms with Gasteiger partial charge >= 0.3 is 0 Å². The van der Waals surface area contributed by atoms with Crippen LogP contribution in [0.15, 0.2) is 24.5 Å². The number of ether oxygens (including phenoxy) is 1. The Morgan fingerprint density at radius 2 is 2.35 bits per heavy atom. The summed E-state index contributed by atoms with van der Waals surface area (Å²) in [6.07, 6.45) is 3.95. The van der Waals surface area contributed by atoms with E-state index in [1.165, 1.54) is 6.07 Å². The molecule has 0 aromatic carbocycles. The first-order chi connectivity index (χ1) is 11.1. The zero-order valence-electron chi connectivity index (χ0n) is 13.2. The van der Waals surface area contributed by atoms with Gasteiger partial charge in [0.2, 0.25) is 5.91 Å². The number of carbonyl (C=O) groups is 1. The van der Waals surface area contributed by atoms with Crippen molar-refractivity contribution in [2.75, 3.05) is 11.9 Å². The average Bonchev–Trinajstić information content (AvgIpc) is 3.18. The third-order valence-corrected chi connectivity index (χ3v) is 3.99. The van der Waals surface area contributed by atoms with Crippen molar-refractivity contribution in [3.63, 3.8) is 0 Å². The molecule has 122 valence electrons. The molecule has 2 aromatic rings. The van der Waals surface area contributed by atoms with Crippen LogP contribution >= 0.6 is 0 Å². The van der Waals surface area contributed by atoms with Crippen LogP contribution in [0.3, 0.4) is 0 Å². The molecule has 3 heterocycles. The predicted molar refractivity (Wildman–Crippen MR) is 84.0 cm³/mol. The third-order valence-electron chi connectivity index (χ3n) is 3.99. The predicted octanol–water partition coefficient (Wildman–Crippen LogP) is 2.03. The van der Waals surface area contributed by atoms with Crippen LogP contribution in [-0.2, 0) is 16.1 Å². The van der Waals surface area contributed by atoms with Crippen molar-refractivity contribution in [1.29, 1.82) is 0 Å². The van der Waals surface area contributed by atoms with E-state index >= 15 is 0 Å². The molecule has 1 amide bonds. The molecule has 2 aromatic heterocycles. The number of carbonyl (C=O) groups excluding carboxylic acids is 1. The molecule has 0 aliphatic carbocycles. The first-order valence-corrected chi connectivity index (χ1v) is 7.70. The van der Waals surface area contributed by atoms with E-state index in [1.54, 1.807) is 23.9 Å². The molecule has 23 heavy (non-hydrogen) atoms. The number of aromatic nitrogens is 3. The van der Waals surface area contributed by atoms with Gasteiger partial charge in [-0.05, 0) is 32.4 Å². The Hall–Kier alpha value is -2.41. The SMILES string of the molecule is CCn1cc([C@H]2OCC[C@@H]2C(=O)Nc2nc(C)ccc2O)cn1. The van der Waals surface area contributed by atoms with E-state index in [9.17, 15) is 9.90 Å². The van der Waals surface area contributed by atoms with Crippen molar-refractivity contribution in [2.24, 2.45) is 5.92 Å². The molecule has 3 rings (SSSR count). The van der Waals surface area contributed by atoms with Gasteiger partial charge in [-0.15, -0.1) is 0 Å². The standard InChI is InChI=1S/C16H20N4O3/c1-3-20-9-11(8-17-20)14-12(6-7-23-14)16(22)19-15-13(21)5-4-10(2)18-15/h4-5,8-9,12,14,21H,3,6-7H2,1-2H3,(H,18,19,22)/t12-,14+/m0/s1. The van der Waals surface area contributed by atoms with Gasteiger partial charge in [-0.3, -0.25) is 9.48 Å². The fourth-order valence-corrected chi connectivity index (χ4v) is 2.74. The first-order valence-electron chi connectivity index (χ1n) is 7.70. The van der Waals surface area contributed by atoms with E-state index in [-0.39, 0.29) is 29.5 Å². The Kier molecular flexibility index (Phi) is 4.29. The molecule has 1 saturated heterocycles. The number of nitrogens with zero attached hydrogens (tertiary/aromatic N) is 3. The smallest absolute Gasteiger partial charge is 0.231 e. The van der Waals surface area contributed by atoms with Gasteiger partial charge in [-0.25, -0.2) is 4.98 Å². The molecule has 1 fully saturated rings. The lowest BCUT2D eigenvalue weighted by atomic mass is 9.96. The number of pyridine rings is 1. The minimum atomic E-state index is -0.328. The summed E-state index contributed by atoms with van der Waals surface area (Å²) in [5.41, 5.74) is 1.62. The molecular weight excluding hydrogens is 296 g/mol.